The predicted octanol–water partition coefficient (Wildman–Crippen LogP) is 4.42. The minimum absolute atomic E-state index is 0.825. The normalized spacial score (nSPS) is 53.7. The first-order chi connectivity index (χ1) is 7.21. The van der Waals surface area contributed by atoms with Crippen molar-refractivity contribution < 1.29 is 0 Å². The van der Waals surface area contributed by atoms with Crippen LogP contribution in [0.4, 0.5) is 0 Å². The van der Waals surface area contributed by atoms with Gasteiger partial charge in [-0.25, -0.2) is 0 Å². The van der Waals surface area contributed by atoms with Gasteiger partial charge in [0.1, 0.15) is 0 Å². The molecule has 0 bridgehead atoms. The number of allylic oxidation sites excluding steroid dienone is 2. The first-order valence-electron chi connectivity index (χ1n) is 6.87. The molecule has 2 saturated carbocycles. The summed E-state index contributed by atoms with van der Waals surface area (Å²) in [5.41, 5.74) is 0.825. The fraction of sp³-hybridized carbons (Fsp3) is 0.867. The molecule has 5 atom stereocenters. The van der Waals surface area contributed by atoms with Crippen LogP contribution in [0, 0.1) is 29.1 Å². The van der Waals surface area contributed by atoms with Gasteiger partial charge in [0.25, 0.3) is 0 Å². The lowest BCUT2D eigenvalue weighted by molar-refractivity contribution is 0.169. The van der Waals surface area contributed by atoms with Gasteiger partial charge in [0.05, 0.1) is 0 Å². The van der Waals surface area contributed by atoms with E-state index in [9.17, 15) is 0 Å². The van der Waals surface area contributed by atoms with E-state index in [1.165, 1.54) is 25.7 Å². The zero-order valence-corrected chi connectivity index (χ0v) is 10.2. The Balaban J connectivity index is 1.71. The standard InChI is InChI=1S/C15H24/c1-11-4-3-5-13(8-11)15-7-6-12(2)9-14(15)10-15/h3-4,11-14H,5-10H2,1-2H3/t11?,12-,13?,14?,15?/m0/s1. The van der Waals surface area contributed by atoms with Crippen LogP contribution in [0.2, 0.25) is 0 Å². The van der Waals surface area contributed by atoms with E-state index >= 15 is 0 Å². The van der Waals surface area contributed by atoms with E-state index in [2.05, 4.69) is 26.0 Å². The summed E-state index contributed by atoms with van der Waals surface area (Å²) in [6.45, 7) is 4.84. The van der Waals surface area contributed by atoms with E-state index in [0.29, 0.717) is 0 Å². The average Bonchev–Trinajstić information content (AvgIpc) is 2.92. The highest BCUT2D eigenvalue weighted by molar-refractivity contribution is 5.12. The Morgan fingerprint density at radius 1 is 1.13 bits per heavy atom. The summed E-state index contributed by atoms with van der Waals surface area (Å²) >= 11 is 0. The lowest BCUT2D eigenvalue weighted by atomic mass is 9.70. The molecule has 0 heteroatoms. The Morgan fingerprint density at radius 3 is 2.73 bits per heavy atom. The largest absolute Gasteiger partial charge is 0.0880 e. The van der Waals surface area contributed by atoms with Gasteiger partial charge in [-0.05, 0) is 61.2 Å². The van der Waals surface area contributed by atoms with Crippen LogP contribution >= 0.6 is 0 Å². The molecule has 3 aliphatic rings. The van der Waals surface area contributed by atoms with Gasteiger partial charge in [-0.2, -0.15) is 0 Å². The lowest BCUT2D eigenvalue weighted by Gasteiger charge is -2.35. The van der Waals surface area contributed by atoms with Crippen LogP contribution in [-0.2, 0) is 0 Å². The maximum Gasteiger partial charge on any atom is -0.0234 e. The molecule has 0 saturated heterocycles. The second kappa shape index (κ2) is 3.37. The van der Waals surface area contributed by atoms with E-state index < -0.39 is 0 Å². The molecule has 0 amide bonds. The molecule has 0 radical (unpaired) electrons. The molecular weight excluding hydrogens is 180 g/mol. The summed E-state index contributed by atoms with van der Waals surface area (Å²) in [5, 5.41) is 0. The molecule has 0 aromatic carbocycles. The smallest absolute Gasteiger partial charge is 0.0234 e. The molecule has 4 unspecified atom stereocenters. The molecule has 15 heavy (non-hydrogen) atoms. The second-order valence-electron chi connectivity index (χ2n) is 6.59. The van der Waals surface area contributed by atoms with Crippen molar-refractivity contribution in [3.05, 3.63) is 12.2 Å². The van der Waals surface area contributed by atoms with E-state index in [4.69, 9.17) is 0 Å². The van der Waals surface area contributed by atoms with Crippen molar-refractivity contribution in [2.24, 2.45) is 29.1 Å². The number of rotatable bonds is 1. The summed E-state index contributed by atoms with van der Waals surface area (Å²) in [4.78, 5) is 0. The Labute approximate surface area is 94.1 Å². The minimum atomic E-state index is 0.825. The highest BCUT2D eigenvalue weighted by Crippen LogP contribution is 2.68. The molecule has 0 spiro atoms. The van der Waals surface area contributed by atoms with E-state index in [1.807, 2.05) is 0 Å². The van der Waals surface area contributed by atoms with Crippen molar-refractivity contribution in [2.75, 3.05) is 0 Å². The third kappa shape index (κ3) is 1.57. The number of hydrogen-bond acceptors (Lipinski definition) is 0. The van der Waals surface area contributed by atoms with Gasteiger partial charge in [0, 0.05) is 0 Å². The van der Waals surface area contributed by atoms with E-state index in [0.717, 1.165) is 29.1 Å². The predicted molar refractivity (Wildman–Crippen MR) is 64.6 cm³/mol. The van der Waals surface area contributed by atoms with Gasteiger partial charge in [-0.15, -0.1) is 0 Å². The minimum Gasteiger partial charge on any atom is -0.0880 e. The lowest BCUT2D eigenvalue weighted by Crippen LogP contribution is -2.26. The zero-order valence-electron chi connectivity index (χ0n) is 10.2. The topological polar surface area (TPSA) is 0 Å². The maximum atomic E-state index is 2.46. The number of fused-ring (bicyclic) bond motifs is 1. The Morgan fingerprint density at radius 2 is 2.00 bits per heavy atom. The molecule has 0 N–H and O–H groups in total. The van der Waals surface area contributed by atoms with Crippen molar-refractivity contribution in [2.45, 2.75) is 52.4 Å². The third-order valence-electron chi connectivity index (χ3n) is 5.42. The van der Waals surface area contributed by atoms with Crippen molar-refractivity contribution in [1.29, 1.82) is 0 Å². The second-order valence-corrected chi connectivity index (χ2v) is 6.59. The molecule has 2 fully saturated rings. The first-order valence-corrected chi connectivity index (χ1v) is 6.87. The molecule has 84 valence electrons. The van der Waals surface area contributed by atoms with Crippen molar-refractivity contribution in [3.8, 4) is 0 Å². The molecule has 3 rings (SSSR count). The summed E-state index contributed by atoms with van der Waals surface area (Å²) in [7, 11) is 0. The van der Waals surface area contributed by atoms with Gasteiger partial charge in [0.2, 0.25) is 0 Å². The van der Waals surface area contributed by atoms with Gasteiger partial charge < -0.3 is 0 Å². The van der Waals surface area contributed by atoms with Crippen molar-refractivity contribution >= 4 is 0 Å². The fourth-order valence-corrected chi connectivity index (χ4v) is 4.41. The van der Waals surface area contributed by atoms with Crippen molar-refractivity contribution in [1.82, 2.24) is 0 Å². The quantitative estimate of drug-likeness (QED) is 0.555. The molecular formula is C15H24. The highest BCUT2D eigenvalue weighted by atomic mass is 14.6. The van der Waals surface area contributed by atoms with Gasteiger partial charge >= 0.3 is 0 Å². The van der Waals surface area contributed by atoms with Crippen LogP contribution in [0.15, 0.2) is 12.2 Å². The molecule has 0 heterocycles. The van der Waals surface area contributed by atoms with Crippen molar-refractivity contribution in [3.63, 3.8) is 0 Å². The molecule has 0 aromatic rings. The molecule has 0 aromatic heterocycles. The van der Waals surface area contributed by atoms with Crippen LogP contribution in [-0.4, -0.2) is 0 Å². The van der Waals surface area contributed by atoms with Crippen LogP contribution in [0.25, 0.3) is 0 Å². The first kappa shape index (κ1) is 9.93. The van der Waals surface area contributed by atoms with Crippen LogP contribution in [0.5, 0.6) is 0 Å². The monoisotopic (exact) mass is 204 g/mol. The molecule has 3 aliphatic carbocycles. The summed E-state index contributed by atoms with van der Waals surface area (Å²) in [6.07, 6.45) is 13.9. The van der Waals surface area contributed by atoms with Crippen LogP contribution in [0.1, 0.15) is 52.4 Å². The van der Waals surface area contributed by atoms with E-state index in [1.54, 1.807) is 12.8 Å². The molecule has 0 nitrogen and oxygen atoms in total. The Bertz CT molecular complexity index is 278. The van der Waals surface area contributed by atoms with Crippen LogP contribution in [0.3, 0.4) is 0 Å². The number of hydrogen-bond donors (Lipinski definition) is 0. The summed E-state index contributed by atoms with van der Waals surface area (Å²) < 4.78 is 0. The van der Waals surface area contributed by atoms with Gasteiger partial charge in [0.15, 0.2) is 0 Å². The third-order valence-corrected chi connectivity index (χ3v) is 5.42. The average molecular weight is 204 g/mol. The summed E-state index contributed by atoms with van der Waals surface area (Å²) in [5.74, 6) is 4.01. The summed E-state index contributed by atoms with van der Waals surface area (Å²) in [6, 6.07) is 0. The SMILES string of the molecule is CC1C=CCC(C23CC[C@H](C)CC2C3)C1. The fourth-order valence-electron chi connectivity index (χ4n) is 4.41. The maximum absolute atomic E-state index is 2.46. The van der Waals surface area contributed by atoms with E-state index in [-0.39, 0.29) is 0 Å². The van der Waals surface area contributed by atoms with Gasteiger partial charge in [-0.3, -0.25) is 0 Å². The van der Waals surface area contributed by atoms with Crippen LogP contribution < -0.4 is 0 Å². The zero-order chi connectivity index (χ0) is 10.5. The highest BCUT2D eigenvalue weighted by Gasteiger charge is 2.59. The Hall–Kier alpha value is -0.260. The molecule has 0 aliphatic heterocycles. The Kier molecular flexibility index (Phi) is 2.23. The van der Waals surface area contributed by atoms with Gasteiger partial charge in [-0.1, -0.05) is 32.4 Å².